The molecule has 1 fully saturated rings. The van der Waals surface area contributed by atoms with Crippen LogP contribution >= 0.6 is 0 Å². The molecule has 1 saturated heterocycles. The molecule has 0 aliphatic carbocycles. The van der Waals surface area contributed by atoms with Crippen molar-refractivity contribution in [3.63, 3.8) is 0 Å². The molecule has 0 unspecified atom stereocenters. The maximum absolute atomic E-state index is 5.55. The number of rotatable bonds is 4. The van der Waals surface area contributed by atoms with E-state index in [1.807, 2.05) is 13.8 Å². The molecule has 0 aromatic rings. The van der Waals surface area contributed by atoms with E-state index in [9.17, 15) is 0 Å². The molecular weight excluding hydrogens is 142 g/mol. The smallest absolute Gasteiger partial charge is 0.0855 e. The summed E-state index contributed by atoms with van der Waals surface area (Å²) < 4.78 is 10.8. The van der Waals surface area contributed by atoms with Crippen molar-refractivity contribution in [1.29, 1.82) is 0 Å². The molecule has 1 N–H and O–H groups in total. The zero-order valence-electron chi connectivity index (χ0n) is 7.52. The fraction of sp³-hybridized carbons (Fsp3) is 1.00. The standard InChI is InChI=1S/C8H17NO2/c1-8(2,10-3)6-11-7-4-9-5-7/h7,9H,4-6H2,1-3H3. The third-order valence-electron chi connectivity index (χ3n) is 1.96. The molecule has 3 heteroatoms. The topological polar surface area (TPSA) is 30.5 Å². The highest BCUT2D eigenvalue weighted by Crippen LogP contribution is 2.10. The molecule has 0 bridgehead atoms. The van der Waals surface area contributed by atoms with Crippen LogP contribution in [0, 0.1) is 0 Å². The van der Waals surface area contributed by atoms with Crippen LogP contribution < -0.4 is 5.32 Å². The predicted molar refractivity (Wildman–Crippen MR) is 43.7 cm³/mol. The highest BCUT2D eigenvalue weighted by atomic mass is 16.5. The van der Waals surface area contributed by atoms with E-state index in [1.165, 1.54) is 0 Å². The number of hydrogen-bond donors (Lipinski definition) is 1. The van der Waals surface area contributed by atoms with Crippen LogP contribution in [-0.2, 0) is 9.47 Å². The fourth-order valence-electron chi connectivity index (χ4n) is 0.758. The lowest BCUT2D eigenvalue weighted by Gasteiger charge is -2.31. The molecule has 0 saturated carbocycles. The molecule has 0 aromatic carbocycles. The Hall–Kier alpha value is -0.120. The molecule has 1 aliphatic heterocycles. The molecule has 1 heterocycles. The summed E-state index contributed by atoms with van der Waals surface area (Å²) in [4.78, 5) is 0. The largest absolute Gasteiger partial charge is 0.376 e. The van der Waals surface area contributed by atoms with Crippen molar-refractivity contribution in [3.05, 3.63) is 0 Å². The second kappa shape index (κ2) is 3.52. The number of hydrogen-bond acceptors (Lipinski definition) is 3. The Morgan fingerprint density at radius 3 is 2.45 bits per heavy atom. The highest BCUT2D eigenvalue weighted by Gasteiger charge is 2.22. The molecule has 0 aromatic heterocycles. The van der Waals surface area contributed by atoms with E-state index in [2.05, 4.69) is 5.32 Å². The number of methoxy groups -OCH3 is 1. The van der Waals surface area contributed by atoms with Gasteiger partial charge in [-0.25, -0.2) is 0 Å². The van der Waals surface area contributed by atoms with Crippen molar-refractivity contribution in [3.8, 4) is 0 Å². The fourth-order valence-corrected chi connectivity index (χ4v) is 0.758. The maximum atomic E-state index is 5.55. The molecule has 66 valence electrons. The van der Waals surface area contributed by atoms with Crippen LogP contribution in [0.25, 0.3) is 0 Å². The van der Waals surface area contributed by atoms with E-state index in [0.29, 0.717) is 12.7 Å². The Morgan fingerprint density at radius 1 is 1.45 bits per heavy atom. The predicted octanol–water partition coefficient (Wildman–Crippen LogP) is 0.400. The summed E-state index contributed by atoms with van der Waals surface area (Å²) in [6.45, 7) is 6.70. The quantitative estimate of drug-likeness (QED) is 0.644. The van der Waals surface area contributed by atoms with E-state index in [4.69, 9.17) is 9.47 Å². The van der Waals surface area contributed by atoms with Crippen molar-refractivity contribution in [2.45, 2.75) is 25.6 Å². The highest BCUT2D eigenvalue weighted by molar-refractivity contribution is 4.77. The second-order valence-electron chi connectivity index (χ2n) is 3.56. The summed E-state index contributed by atoms with van der Waals surface area (Å²) in [7, 11) is 1.71. The van der Waals surface area contributed by atoms with E-state index in [1.54, 1.807) is 7.11 Å². The molecule has 1 rings (SSSR count). The molecule has 1 aliphatic rings. The van der Waals surface area contributed by atoms with Crippen LogP contribution in [0.5, 0.6) is 0 Å². The van der Waals surface area contributed by atoms with Gasteiger partial charge >= 0.3 is 0 Å². The molecule has 3 nitrogen and oxygen atoms in total. The van der Waals surface area contributed by atoms with Crippen LogP contribution in [0.4, 0.5) is 0 Å². The normalized spacial score (nSPS) is 19.9. The lowest BCUT2D eigenvalue weighted by Crippen LogP contribution is -2.50. The van der Waals surface area contributed by atoms with Crippen LogP contribution in [0.3, 0.4) is 0 Å². The van der Waals surface area contributed by atoms with Gasteiger partial charge in [-0.1, -0.05) is 0 Å². The lowest BCUT2D eigenvalue weighted by atomic mass is 10.1. The van der Waals surface area contributed by atoms with Gasteiger partial charge in [-0.15, -0.1) is 0 Å². The Balaban J connectivity index is 2.09. The molecule has 0 spiro atoms. The Bertz CT molecular complexity index is 121. The van der Waals surface area contributed by atoms with Gasteiger partial charge in [0.15, 0.2) is 0 Å². The Kier molecular flexibility index (Phi) is 2.87. The van der Waals surface area contributed by atoms with Crippen LogP contribution in [0.1, 0.15) is 13.8 Å². The van der Waals surface area contributed by atoms with E-state index >= 15 is 0 Å². The summed E-state index contributed by atoms with van der Waals surface area (Å²) in [6, 6.07) is 0. The first kappa shape index (κ1) is 8.97. The SMILES string of the molecule is COC(C)(C)COC1CNC1. The van der Waals surface area contributed by atoms with Crippen molar-refractivity contribution in [2.75, 3.05) is 26.8 Å². The first-order valence-corrected chi connectivity index (χ1v) is 4.01. The minimum Gasteiger partial charge on any atom is -0.376 e. The van der Waals surface area contributed by atoms with Gasteiger partial charge in [0.2, 0.25) is 0 Å². The van der Waals surface area contributed by atoms with Gasteiger partial charge in [0, 0.05) is 20.2 Å². The summed E-state index contributed by atoms with van der Waals surface area (Å²) >= 11 is 0. The van der Waals surface area contributed by atoms with Gasteiger partial charge in [0.05, 0.1) is 18.3 Å². The third kappa shape index (κ3) is 2.77. The van der Waals surface area contributed by atoms with Crippen molar-refractivity contribution >= 4 is 0 Å². The van der Waals surface area contributed by atoms with Gasteiger partial charge in [-0.2, -0.15) is 0 Å². The number of ether oxygens (including phenoxy) is 2. The van der Waals surface area contributed by atoms with Gasteiger partial charge in [-0.05, 0) is 13.8 Å². The first-order valence-electron chi connectivity index (χ1n) is 4.01. The maximum Gasteiger partial charge on any atom is 0.0855 e. The Labute approximate surface area is 68.1 Å². The minimum absolute atomic E-state index is 0.143. The van der Waals surface area contributed by atoms with E-state index in [0.717, 1.165) is 13.1 Å². The van der Waals surface area contributed by atoms with Crippen molar-refractivity contribution < 1.29 is 9.47 Å². The number of nitrogens with one attached hydrogen (secondary N) is 1. The molecule has 0 atom stereocenters. The van der Waals surface area contributed by atoms with Gasteiger partial charge < -0.3 is 14.8 Å². The van der Waals surface area contributed by atoms with E-state index < -0.39 is 0 Å². The second-order valence-corrected chi connectivity index (χ2v) is 3.56. The van der Waals surface area contributed by atoms with Crippen molar-refractivity contribution in [2.24, 2.45) is 0 Å². The van der Waals surface area contributed by atoms with Gasteiger partial charge in [0.1, 0.15) is 0 Å². The lowest BCUT2D eigenvalue weighted by molar-refractivity contribution is -0.0857. The molecule has 0 amide bonds. The molecular formula is C8H17NO2. The average molecular weight is 159 g/mol. The molecule has 11 heavy (non-hydrogen) atoms. The molecule has 0 radical (unpaired) electrons. The summed E-state index contributed by atoms with van der Waals surface area (Å²) in [5.41, 5.74) is -0.143. The minimum atomic E-state index is -0.143. The Morgan fingerprint density at radius 2 is 2.09 bits per heavy atom. The van der Waals surface area contributed by atoms with Crippen LogP contribution in [0.15, 0.2) is 0 Å². The average Bonchev–Trinajstić information content (AvgIpc) is 1.84. The summed E-state index contributed by atoms with van der Waals surface area (Å²) in [6.07, 6.45) is 0.407. The zero-order chi connectivity index (χ0) is 8.32. The third-order valence-corrected chi connectivity index (χ3v) is 1.96. The van der Waals surface area contributed by atoms with E-state index in [-0.39, 0.29) is 5.60 Å². The van der Waals surface area contributed by atoms with Crippen LogP contribution in [-0.4, -0.2) is 38.5 Å². The van der Waals surface area contributed by atoms with Crippen molar-refractivity contribution in [1.82, 2.24) is 5.32 Å². The summed E-state index contributed by atoms with van der Waals surface area (Å²) in [5.74, 6) is 0. The van der Waals surface area contributed by atoms with Gasteiger partial charge in [0.25, 0.3) is 0 Å². The van der Waals surface area contributed by atoms with Gasteiger partial charge in [-0.3, -0.25) is 0 Å². The first-order chi connectivity index (χ1) is 5.14. The summed E-state index contributed by atoms with van der Waals surface area (Å²) in [5, 5.41) is 3.15. The van der Waals surface area contributed by atoms with Crippen LogP contribution in [0.2, 0.25) is 0 Å². The monoisotopic (exact) mass is 159 g/mol. The zero-order valence-corrected chi connectivity index (χ0v) is 7.52.